The molecule has 3 nitrogen and oxygen atoms in total. The quantitative estimate of drug-likeness (QED) is 0.284. The Bertz CT molecular complexity index is 173. The summed E-state index contributed by atoms with van der Waals surface area (Å²) in [6, 6.07) is 0. The third kappa shape index (κ3) is 3.35. The average Bonchev–Trinajstić information content (AvgIpc) is 1.98. The van der Waals surface area contributed by atoms with Gasteiger partial charge in [0.05, 0.1) is 12.2 Å². The molecule has 0 aromatic heterocycles. The highest BCUT2D eigenvalue weighted by Crippen LogP contribution is 1.87. The van der Waals surface area contributed by atoms with Crippen molar-refractivity contribution in [2.75, 3.05) is 6.61 Å². The Morgan fingerprint density at radius 2 is 2.40 bits per heavy atom. The fourth-order valence-electron chi connectivity index (χ4n) is 0.261. The molecule has 0 aromatic rings. The Labute approximate surface area is 65.0 Å². The fourth-order valence-corrected chi connectivity index (χ4v) is 0.361. The molecule has 0 heterocycles. The molecular formula is C6H9NO2S. The molecule has 0 fully saturated rings. The predicted molar refractivity (Wildman–Crippen MR) is 42.2 cm³/mol. The van der Waals surface area contributed by atoms with Gasteiger partial charge >= 0.3 is 0 Å². The van der Waals surface area contributed by atoms with Crippen LogP contribution in [0.2, 0.25) is 0 Å². The lowest BCUT2D eigenvalue weighted by molar-refractivity contribution is 0.0989. The molecule has 0 spiro atoms. The molecule has 0 amide bonds. The number of hydrogen-bond acceptors (Lipinski definition) is 3. The summed E-state index contributed by atoms with van der Waals surface area (Å²) in [5.41, 5.74) is 2.77. The van der Waals surface area contributed by atoms with Crippen LogP contribution in [0.3, 0.4) is 0 Å². The number of rotatable bonds is 3. The maximum atomic E-state index is 9.96. The summed E-state index contributed by atoms with van der Waals surface area (Å²) < 4.78 is 0. The van der Waals surface area contributed by atoms with Crippen molar-refractivity contribution in [2.24, 2.45) is 0 Å². The first-order chi connectivity index (χ1) is 4.72. The van der Waals surface area contributed by atoms with Crippen LogP contribution in [0.15, 0.2) is 5.57 Å². The highest BCUT2D eigenvalue weighted by Gasteiger charge is 1.96. The van der Waals surface area contributed by atoms with Crippen LogP contribution in [-0.2, 0) is 9.63 Å². The molecule has 0 saturated carbocycles. The third-order valence-corrected chi connectivity index (χ3v) is 1.19. The molecule has 0 unspecified atom stereocenters. The standard InChI is InChI=1S/C6H9NO2S/c1-3-9-7-6(10)5(2)4-8/h3H2,1-2H3,(H,7,10). The van der Waals surface area contributed by atoms with Gasteiger partial charge in [-0.2, -0.15) is 0 Å². The van der Waals surface area contributed by atoms with E-state index in [1.54, 1.807) is 12.9 Å². The Morgan fingerprint density at radius 1 is 1.80 bits per heavy atom. The van der Waals surface area contributed by atoms with Gasteiger partial charge in [-0.3, -0.25) is 10.3 Å². The molecule has 0 aliphatic carbocycles. The van der Waals surface area contributed by atoms with E-state index in [-0.39, 0.29) is 4.99 Å². The van der Waals surface area contributed by atoms with Gasteiger partial charge in [-0.1, -0.05) is 12.2 Å². The summed E-state index contributed by atoms with van der Waals surface area (Å²) in [6.45, 7) is 3.89. The van der Waals surface area contributed by atoms with Crippen LogP contribution in [0.4, 0.5) is 0 Å². The lowest BCUT2D eigenvalue weighted by atomic mass is 10.4. The van der Waals surface area contributed by atoms with Crippen LogP contribution >= 0.6 is 12.2 Å². The van der Waals surface area contributed by atoms with Crippen molar-refractivity contribution in [2.45, 2.75) is 13.8 Å². The molecular weight excluding hydrogens is 150 g/mol. The highest BCUT2D eigenvalue weighted by molar-refractivity contribution is 7.80. The van der Waals surface area contributed by atoms with Gasteiger partial charge in [0, 0.05) is 0 Å². The summed E-state index contributed by atoms with van der Waals surface area (Å²) in [6.07, 6.45) is 0. The largest absolute Gasteiger partial charge is 0.276 e. The zero-order chi connectivity index (χ0) is 7.98. The molecule has 0 saturated heterocycles. The molecule has 0 aliphatic rings. The number of hydrogen-bond donors (Lipinski definition) is 1. The van der Waals surface area contributed by atoms with Crippen molar-refractivity contribution in [3.63, 3.8) is 0 Å². The van der Waals surface area contributed by atoms with E-state index in [0.717, 1.165) is 0 Å². The average molecular weight is 159 g/mol. The fraction of sp³-hybridized carbons (Fsp3) is 0.500. The molecule has 0 radical (unpaired) electrons. The zero-order valence-corrected chi connectivity index (χ0v) is 6.75. The van der Waals surface area contributed by atoms with Crippen LogP contribution in [0, 0.1) is 0 Å². The van der Waals surface area contributed by atoms with E-state index in [4.69, 9.17) is 17.1 Å². The molecule has 0 bridgehead atoms. The summed E-state index contributed by atoms with van der Waals surface area (Å²) in [5, 5.41) is 0. The van der Waals surface area contributed by atoms with Crippen molar-refractivity contribution in [3.8, 4) is 0 Å². The monoisotopic (exact) mass is 159 g/mol. The van der Waals surface area contributed by atoms with Gasteiger partial charge in [0.1, 0.15) is 10.9 Å². The Kier molecular flexibility index (Phi) is 4.76. The molecule has 0 aliphatic heterocycles. The third-order valence-electron chi connectivity index (χ3n) is 0.803. The van der Waals surface area contributed by atoms with E-state index in [1.165, 1.54) is 0 Å². The summed E-state index contributed by atoms with van der Waals surface area (Å²) >= 11 is 4.71. The molecule has 56 valence electrons. The Morgan fingerprint density at radius 3 is 2.80 bits per heavy atom. The van der Waals surface area contributed by atoms with Gasteiger partial charge in [0.25, 0.3) is 0 Å². The molecule has 4 heteroatoms. The minimum atomic E-state index is 0.289. The van der Waals surface area contributed by atoms with Gasteiger partial charge in [0.2, 0.25) is 0 Å². The van der Waals surface area contributed by atoms with Crippen LogP contribution in [0.5, 0.6) is 0 Å². The van der Waals surface area contributed by atoms with Crippen LogP contribution in [0.25, 0.3) is 0 Å². The van der Waals surface area contributed by atoms with E-state index in [2.05, 4.69) is 5.48 Å². The van der Waals surface area contributed by atoms with Crippen molar-refractivity contribution in [1.82, 2.24) is 5.48 Å². The first kappa shape index (κ1) is 9.30. The van der Waals surface area contributed by atoms with Gasteiger partial charge in [-0.25, -0.2) is 4.79 Å². The maximum Gasteiger partial charge on any atom is 0.137 e. The zero-order valence-electron chi connectivity index (χ0n) is 5.93. The van der Waals surface area contributed by atoms with Crippen molar-refractivity contribution in [1.29, 1.82) is 0 Å². The second kappa shape index (κ2) is 5.11. The van der Waals surface area contributed by atoms with E-state index in [0.29, 0.717) is 12.2 Å². The highest BCUT2D eigenvalue weighted by atomic mass is 32.1. The number of nitrogens with one attached hydrogen (secondary N) is 1. The summed E-state index contributed by atoms with van der Waals surface area (Å²) in [7, 11) is 0. The van der Waals surface area contributed by atoms with Crippen LogP contribution in [-0.4, -0.2) is 17.5 Å². The number of carbonyl (C=O) groups excluding carboxylic acids is 1. The second-order valence-electron chi connectivity index (χ2n) is 1.59. The minimum absolute atomic E-state index is 0.289. The molecule has 0 atom stereocenters. The van der Waals surface area contributed by atoms with E-state index >= 15 is 0 Å². The molecule has 0 aromatic carbocycles. The lowest BCUT2D eigenvalue weighted by Crippen LogP contribution is -2.22. The van der Waals surface area contributed by atoms with E-state index in [9.17, 15) is 4.79 Å². The summed E-state index contributed by atoms with van der Waals surface area (Å²) in [5.74, 6) is 1.66. The lowest BCUT2D eigenvalue weighted by Gasteiger charge is -2.02. The topological polar surface area (TPSA) is 38.3 Å². The molecule has 1 N–H and O–H groups in total. The molecule has 10 heavy (non-hydrogen) atoms. The predicted octanol–water partition coefficient (Wildman–Crippen LogP) is 0.633. The van der Waals surface area contributed by atoms with Crippen LogP contribution < -0.4 is 5.48 Å². The van der Waals surface area contributed by atoms with Gasteiger partial charge in [-0.15, -0.1) is 0 Å². The second-order valence-corrected chi connectivity index (χ2v) is 2.00. The Hall–Kier alpha value is -0.700. The van der Waals surface area contributed by atoms with Gasteiger partial charge in [0.15, 0.2) is 0 Å². The molecule has 0 rings (SSSR count). The first-order valence-corrected chi connectivity index (χ1v) is 3.27. The number of thiocarbonyl (C=S) groups is 1. The van der Waals surface area contributed by atoms with Gasteiger partial charge in [-0.05, 0) is 13.8 Å². The van der Waals surface area contributed by atoms with Crippen LogP contribution in [0.1, 0.15) is 13.8 Å². The maximum absolute atomic E-state index is 9.96. The van der Waals surface area contributed by atoms with Crippen molar-refractivity contribution in [3.05, 3.63) is 5.57 Å². The summed E-state index contributed by atoms with van der Waals surface area (Å²) in [4.78, 5) is 15.0. The van der Waals surface area contributed by atoms with Crippen molar-refractivity contribution >= 4 is 23.1 Å². The number of hydroxylamine groups is 1. The normalized spacial score (nSPS) is 8.20. The van der Waals surface area contributed by atoms with Gasteiger partial charge < -0.3 is 0 Å². The minimum Gasteiger partial charge on any atom is -0.276 e. The first-order valence-electron chi connectivity index (χ1n) is 2.86. The van der Waals surface area contributed by atoms with Crippen molar-refractivity contribution < 1.29 is 9.63 Å². The Balaban J connectivity index is 3.75. The van der Waals surface area contributed by atoms with E-state index in [1.807, 2.05) is 6.92 Å². The van der Waals surface area contributed by atoms with E-state index < -0.39 is 0 Å². The smallest absolute Gasteiger partial charge is 0.137 e. The SMILES string of the molecule is CCONC(=S)C(C)=C=O.